The van der Waals surface area contributed by atoms with Crippen LogP contribution in [0.1, 0.15) is 43.2 Å². The number of fused-ring (bicyclic) bond motifs is 1. The van der Waals surface area contributed by atoms with E-state index in [0.717, 1.165) is 24.6 Å². The highest BCUT2D eigenvalue weighted by molar-refractivity contribution is 5.80. The van der Waals surface area contributed by atoms with Crippen molar-refractivity contribution >= 4 is 17.0 Å². The molecule has 4 rings (SSSR count). The maximum Gasteiger partial charge on any atom is 0.191 e. The second-order valence-electron chi connectivity index (χ2n) is 7.58. The minimum Gasteiger partial charge on any atom is -0.354 e. The second kappa shape index (κ2) is 8.91. The Morgan fingerprint density at radius 2 is 1.79 bits per heavy atom. The Hall–Kier alpha value is -2.82. The van der Waals surface area contributed by atoms with E-state index in [0.29, 0.717) is 6.04 Å². The zero-order chi connectivity index (χ0) is 19.2. The van der Waals surface area contributed by atoms with Crippen LogP contribution in [0, 0.1) is 0 Å². The van der Waals surface area contributed by atoms with Gasteiger partial charge in [-0.25, -0.2) is 4.98 Å². The van der Waals surface area contributed by atoms with Crippen LogP contribution in [0.25, 0.3) is 11.0 Å². The van der Waals surface area contributed by atoms with Crippen molar-refractivity contribution in [3.05, 3.63) is 66.0 Å². The molecule has 5 heteroatoms. The van der Waals surface area contributed by atoms with Crippen LogP contribution in [0.2, 0.25) is 0 Å². The molecule has 1 aliphatic carbocycles. The summed E-state index contributed by atoms with van der Waals surface area (Å²) in [6, 6.07) is 17.6. The van der Waals surface area contributed by atoms with Gasteiger partial charge in [0.05, 0.1) is 17.4 Å². The van der Waals surface area contributed by atoms with E-state index in [-0.39, 0.29) is 0 Å². The SMILES string of the molecule is CN=C(NCc1ccc(Cn2cnc3ccccc32)cc1)NC1CCCCC1. The summed E-state index contributed by atoms with van der Waals surface area (Å²) in [5.41, 5.74) is 4.74. The molecular formula is C23H29N5. The van der Waals surface area contributed by atoms with Crippen LogP contribution in [-0.2, 0) is 13.1 Å². The van der Waals surface area contributed by atoms with Crippen LogP contribution in [0.5, 0.6) is 0 Å². The molecule has 0 bridgehead atoms. The average molecular weight is 376 g/mol. The lowest BCUT2D eigenvalue weighted by Gasteiger charge is -2.24. The van der Waals surface area contributed by atoms with Crippen LogP contribution in [0.4, 0.5) is 0 Å². The third-order valence-corrected chi connectivity index (χ3v) is 5.53. The van der Waals surface area contributed by atoms with Crippen molar-refractivity contribution in [3.63, 3.8) is 0 Å². The van der Waals surface area contributed by atoms with E-state index in [4.69, 9.17) is 0 Å². The van der Waals surface area contributed by atoms with E-state index in [9.17, 15) is 0 Å². The molecule has 1 saturated carbocycles. The van der Waals surface area contributed by atoms with Crippen molar-refractivity contribution in [1.82, 2.24) is 20.2 Å². The highest BCUT2D eigenvalue weighted by Crippen LogP contribution is 2.17. The van der Waals surface area contributed by atoms with Gasteiger partial charge in [-0.2, -0.15) is 0 Å². The number of nitrogens with one attached hydrogen (secondary N) is 2. The lowest BCUT2D eigenvalue weighted by Crippen LogP contribution is -2.43. The summed E-state index contributed by atoms with van der Waals surface area (Å²) in [6.07, 6.45) is 8.42. The first-order valence-electron chi connectivity index (χ1n) is 10.3. The maximum absolute atomic E-state index is 4.47. The van der Waals surface area contributed by atoms with Crippen molar-refractivity contribution in [3.8, 4) is 0 Å². The van der Waals surface area contributed by atoms with E-state index in [1.54, 1.807) is 0 Å². The summed E-state index contributed by atoms with van der Waals surface area (Å²) >= 11 is 0. The van der Waals surface area contributed by atoms with Crippen molar-refractivity contribution in [2.24, 2.45) is 4.99 Å². The summed E-state index contributed by atoms with van der Waals surface area (Å²) < 4.78 is 2.19. The number of nitrogens with zero attached hydrogens (tertiary/aromatic N) is 3. The minimum absolute atomic E-state index is 0.562. The number of benzene rings is 2. The molecular weight excluding hydrogens is 346 g/mol. The van der Waals surface area contributed by atoms with Gasteiger partial charge in [0.2, 0.25) is 0 Å². The van der Waals surface area contributed by atoms with Gasteiger partial charge in [0.25, 0.3) is 0 Å². The number of hydrogen-bond acceptors (Lipinski definition) is 2. The predicted octanol–water partition coefficient (Wildman–Crippen LogP) is 4.08. The molecule has 1 aromatic heterocycles. The zero-order valence-electron chi connectivity index (χ0n) is 16.6. The number of imidazole rings is 1. The molecule has 3 aromatic rings. The van der Waals surface area contributed by atoms with Gasteiger partial charge in [0.1, 0.15) is 0 Å². The lowest BCUT2D eigenvalue weighted by atomic mass is 9.96. The largest absolute Gasteiger partial charge is 0.354 e. The Balaban J connectivity index is 1.32. The molecule has 0 aliphatic heterocycles. The molecule has 5 nitrogen and oxygen atoms in total. The maximum atomic E-state index is 4.47. The normalized spacial score (nSPS) is 15.7. The van der Waals surface area contributed by atoms with Crippen molar-refractivity contribution in [2.75, 3.05) is 7.05 Å². The molecule has 1 heterocycles. The van der Waals surface area contributed by atoms with Crippen molar-refractivity contribution < 1.29 is 0 Å². The fraction of sp³-hybridized carbons (Fsp3) is 0.391. The highest BCUT2D eigenvalue weighted by Gasteiger charge is 2.14. The predicted molar refractivity (Wildman–Crippen MR) is 115 cm³/mol. The Bertz CT molecular complexity index is 920. The summed E-state index contributed by atoms with van der Waals surface area (Å²) in [5, 5.41) is 7.01. The smallest absolute Gasteiger partial charge is 0.191 e. The molecule has 0 radical (unpaired) electrons. The Morgan fingerprint density at radius 1 is 1.04 bits per heavy atom. The van der Waals surface area contributed by atoms with E-state index in [2.05, 4.69) is 67.6 Å². The number of aromatic nitrogens is 2. The molecule has 1 aliphatic rings. The summed E-state index contributed by atoms with van der Waals surface area (Å²) in [6.45, 7) is 1.61. The number of guanidine groups is 1. The van der Waals surface area contributed by atoms with Gasteiger partial charge in [0, 0.05) is 26.2 Å². The third kappa shape index (κ3) is 4.53. The number of aliphatic imine (C=N–C) groups is 1. The van der Waals surface area contributed by atoms with Gasteiger partial charge in [-0.05, 0) is 36.1 Å². The van der Waals surface area contributed by atoms with E-state index >= 15 is 0 Å². The first-order valence-corrected chi connectivity index (χ1v) is 10.3. The molecule has 0 saturated heterocycles. The van der Waals surface area contributed by atoms with E-state index < -0.39 is 0 Å². The van der Waals surface area contributed by atoms with Gasteiger partial charge in [0.15, 0.2) is 5.96 Å². The Kier molecular flexibility index (Phi) is 5.90. The minimum atomic E-state index is 0.562. The molecule has 28 heavy (non-hydrogen) atoms. The van der Waals surface area contributed by atoms with Crippen molar-refractivity contribution in [2.45, 2.75) is 51.2 Å². The topological polar surface area (TPSA) is 54.2 Å². The molecule has 0 atom stereocenters. The van der Waals surface area contributed by atoms with Crippen LogP contribution in [-0.4, -0.2) is 28.6 Å². The lowest BCUT2D eigenvalue weighted by molar-refractivity contribution is 0.410. The van der Waals surface area contributed by atoms with E-state index in [1.807, 2.05) is 19.4 Å². The molecule has 1 fully saturated rings. The number of rotatable bonds is 5. The van der Waals surface area contributed by atoms with Gasteiger partial charge in [-0.15, -0.1) is 0 Å². The molecule has 0 spiro atoms. The Labute approximate surface area is 166 Å². The summed E-state index contributed by atoms with van der Waals surface area (Å²) in [5.74, 6) is 0.904. The van der Waals surface area contributed by atoms with Crippen molar-refractivity contribution in [1.29, 1.82) is 0 Å². The van der Waals surface area contributed by atoms with Gasteiger partial charge in [-0.3, -0.25) is 4.99 Å². The fourth-order valence-electron chi connectivity index (χ4n) is 3.92. The van der Waals surface area contributed by atoms with Crippen LogP contribution >= 0.6 is 0 Å². The second-order valence-corrected chi connectivity index (χ2v) is 7.58. The van der Waals surface area contributed by atoms with E-state index in [1.165, 1.54) is 48.7 Å². The molecule has 146 valence electrons. The fourth-order valence-corrected chi connectivity index (χ4v) is 3.92. The quantitative estimate of drug-likeness (QED) is 0.522. The summed E-state index contributed by atoms with van der Waals surface area (Å²) in [4.78, 5) is 8.85. The molecule has 2 N–H and O–H groups in total. The van der Waals surface area contributed by atoms with Gasteiger partial charge < -0.3 is 15.2 Å². The molecule has 0 amide bonds. The van der Waals surface area contributed by atoms with Gasteiger partial charge >= 0.3 is 0 Å². The number of hydrogen-bond donors (Lipinski definition) is 2. The monoisotopic (exact) mass is 375 g/mol. The summed E-state index contributed by atoms with van der Waals surface area (Å²) in [7, 11) is 1.84. The Morgan fingerprint density at radius 3 is 2.57 bits per heavy atom. The van der Waals surface area contributed by atoms with Crippen LogP contribution in [0.3, 0.4) is 0 Å². The molecule has 0 unspecified atom stereocenters. The first-order chi connectivity index (χ1) is 13.8. The first kappa shape index (κ1) is 18.5. The average Bonchev–Trinajstić information content (AvgIpc) is 3.16. The van der Waals surface area contributed by atoms with Crippen LogP contribution in [0.15, 0.2) is 59.9 Å². The standard InChI is InChI=1S/C23H29N5/c1-24-23(27-20-7-3-2-4-8-20)25-15-18-11-13-19(14-12-18)16-28-17-26-21-9-5-6-10-22(21)28/h5-6,9-14,17,20H,2-4,7-8,15-16H2,1H3,(H2,24,25,27). The number of para-hydroxylation sites is 2. The molecule has 2 aromatic carbocycles. The zero-order valence-corrected chi connectivity index (χ0v) is 16.6. The highest BCUT2D eigenvalue weighted by atomic mass is 15.2. The van der Waals surface area contributed by atoms with Crippen LogP contribution < -0.4 is 10.6 Å². The van der Waals surface area contributed by atoms with Gasteiger partial charge in [-0.1, -0.05) is 55.7 Å². The third-order valence-electron chi connectivity index (χ3n) is 5.53.